The van der Waals surface area contributed by atoms with Crippen molar-refractivity contribution in [2.45, 2.75) is 38.6 Å². The smallest absolute Gasteiger partial charge is 0.195 e. The van der Waals surface area contributed by atoms with Crippen molar-refractivity contribution in [2.75, 3.05) is 0 Å². The SMILES string of the molecule is CCc1ccc(-c2ncc3c(n2)CCCC3N)o1. The van der Waals surface area contributed by atoms with E-state index in [-0.39, 0.29) is 6.04 Å². The Bertz CT molecular complexity index is 562. The zero-order valence-electron chi connectivity index (χ0n) is 10.5. The van der Waals surface area contributed by atoms with Gasteiger partial charge in [-0.2, -0.15) is 0 Å². The van der Waals surface area contributed by atoms with Gasteiger partial charge in [-0.15, -0.1) is 0 Å². The number of hydrogen-bond donors (Lipinski definition) is 1. The Morgan fingerprint density at radius 3 is 3.11 bits per heavy atom. The molecule has 3 rings (SSSR count). The van der Waals surface area contributed by atoms with E-state index in [0.717, 1.165) is 48.5 Å². The molecule has 0 aromatic carbocycles. The second kappa shape index (κ2) is 4.53. The highest BCUT2D eigenvalue weighted by Gasteiger charge is 2.19. The molecule has 2 aromatic rings. The first-order chi connectivity index (χ1) is 8.78. The van der Waals surface area contributed by atoms with Gasteiger partial charge in [0, 0.05) is 29.9 Å². The number of fused-ring (bicyclic) bond motifs is 1. The summed E-state index contributed by atoms with van der Waals surface area (Å²) in [4.78, 5) is 8.97. The van der Waals surface area contributed by atoms with Crippen LogP contribution in [0, 0.1) is 0 Å². The normalized spacial score (nSPS) is 18.7. The van der Waals surface area contributed by atoms with E-state index in [4.69, 9.17) is 10.2 Å². The van der Waals surface area contributed by atoms with Crippen LogP contribution in [0.3, 0.4) is 0 Å². The highest BCUT2D eigenvalue weighted by Crippen LogP contribution is 2.28. The lowest BCUT2D eigenvalue weighted by atomic mass is 9.93. The molecule has 1 atom stereocenters. The van der Waals surface area contributed by atoms with Crippen LogP contribution in [-0.2, 0) is 12.8 Å². The molecule has 0 saturated heterocycles. The Hall–Kier alpha value is -1.68. The first kappa shape index (κ1) is 11.4. The van der Waals surface area contributed by atoms with Crippen LogP contribution in [0.1, 0.15) is 42.8 Å². The van der Waals surface area contributed by atoms with Crippen LogP contribution in [-0.4, -0.2) is 9.97 Å². The van der Waals surface area contributed by atoms with Crippen molar-refractivity contribution in [3.8, 4) is 11.6 Å². The second-order valence-electron chi connectivity index (χ2n) is 4.71. The molecule has 18 heavy (non-hydrogen) atoms. The Labute approximate surface area is 106 Å². The van der Waals surface area contributed by atoms with Crippen molar-refractivity contribution in [3.05, 3.63) is 35.3 Å². The summed E-state index contributed by atoms with van der Waals surface area (Å²) in [6.45, 7) is 2.06. The Morgan fingerprint density at radius 2 is 2.33 bits per heavy atom. The quantitative estimate of drug-likeness (QED) is 0.880. The third kappa shape index (κ3) is 1.93. The number of nitrogens with two attached hydrogens (primary N) is 1. The van der Waals surface area contributed by atoms with Gasteiger partial charge in [0.2, 0.25) is 0 Å². The molecule has 1 aliphatic carbocycles. The molecule has 0 fully saturated rings. The van der Waals surface area contributed by atoms with Crippen LogP contribution >= 0.6 is 0 Å². The average molecular weight is 243 g/mol. The summed E-state index contributed by atoms with van der Waals surface area (Å²) in [5.41, 5.74) is 8.22. The minimum absolute atomic E-state index is 0.0885. The third-order valence-electron chi connectivity index (χ3n) is 3.46. The maximum Gasteiger partial charge on any atom is 0.195 e. The fourth-order valence-corrected chi connectivity index (χ4v) is 2.39. The largest absolute Gasteiger partial charge is 0.458 e. The highest BCUT2D eigenvalue weighted by molar-refractivity contribution is 5.48. The Morgan fingerprint density at radius 1 is 1.44 bits per heavy atom. The number of hydrogen-bond acceptors (Lipinski definition) is 4. The van der Waals surface area contributed by atoms with Crippen LogP contribution in [0.25, 0.3) is 11.6 Å². The number of rotatable bonds is 2. The van der Waals surface area contributed by atoms with E-state index in [1.165, 1.54) is 0 Å². The molecule has 0 bridgehead atoms. The third-order valence-corrected chi connectivity index (χ3v) is 3.46. The summed E-state index contributed by atoms with van der Waals surface area (Å²) in [5, 5.41) is 0. The minimum atomic E-state index is 0.0885. The van der Waals surface area contributed by atoms with E-state index in [9.17, 15) is 0 Å². The number of aryl methyl sites for hydroxylation is 2. The van der Waals surface area contributed by atoms with E-state index in [0.29, 0.717) is 5.82 Å². The number of nitrogens with zero attached hydrogens (tertiary/aromatic N) is 2. The van der Waals surface area contributed by atoms with Gasteiger partial charge < -0.3 is 10.2 Å². The maximum absolute atomic E-state index is 6.06. The summed E-state index contributed by atoms with van der Waals surface area (Å²) in [6, 6.07) is 4.00. The second-order valence-corrected chi connectivity index (χ2v) is 4.71. The van der Waals surface area contributed by atoms with Gasteiger partial charge in [-0.3, -0.25) is 0 Å². The molecule has 4 heteroatoms. The summed E-state index contributed by atoms with van der Waals surface area (Å²) in [5.74, 6) is 2.37. The predicted octanol–water partition coefficient (Wildman–Crippen LogP) is 2.64. The van der Waals surface area contributed by atoms with Gasteiger partial charge in [0.05, 0.1) is 0 Å². The molecule has 4 nitrogen and oxygen atoms in total. The van der Waals surface area contributed by atoms with Crippen LogP contribution in [0.4, 0.5) is 0 Å². The van der Waals surface area contributed by atoms with Crippen molar-refractivity contribution < 1.29 is 4.42 Å². The van der Waals surface area contributed by atoms with E-state index in [2.05, 4.69) is 16.9 Å². The first-order valence-corrected chi connectivity index (χ1v) is 6.48. The summed E-state index contributed by atoms with van der Waals surface area (Å²) >= 11 is 0. The van der Waals surface area contributed by atoms with Gasteiger partial charge in [0.15, 0.2) is 11.6 Å². The zero-order valence-corrected chi connectivity index (χ0v) is 10.5. The molecule has 94 valence electrons. The van der Waals surface area contributed by atoms with E-state index < -0.39 is 0 Å². The maximum atomic E-state index is 6.06. The van der Waals surface area contributed by atoms with Gasteiger partial charge in [-0.1, -0.05) is 6.92 Å². The fraction of sp³-hybridized carbons (Fsp3) is 0.429. The predicted molar refractivity (Wildman–Crippen MR) is 69.0 cm³/mol. The molecule has 0 spiro atoms. The van der Waals surface area contributed by atoms with Gasteiger partial charge >= 0.3 is 0 Å². The van der Waals surface area contributed by atoms with Crippen molar-refractivity contribution in [1.82, 2.24) is 9.97 Å². The van der Waals surface area contributed by atoms with Crippen molar-refractivity contribution in [1.29, 1.82) is 0 Å². The summed E-state index contributed by atoms with van der Waals surface area (Å²) < 4.78 is 5.68. The van der Waals surface area contributed by atoms with Gasteiger partial charge in [-0.05, 0) is 31.4 Å². The molecule has 2 N–H and O–H groups in total. The highest BCUT2D eigenvalue weighted by atomic mass is 16.3. The van der Waals surface area contributed by atoms with E-state index >= 15 is 0 Å². The average Bonchev–Trinajstić information content (AvgIpc) is 2.87. The van der Waals surface area contributed by atoms with Gasteiger partial charge in [0.25, 0.3) is 0 Å². The lowest BCUT2D eigenvalue weighted by Crippen LogP contribution is -2.19. The van der Waals surface area contributed by atoms with Crippen molar-refractivity contribution >= 4 is 0 Å². The van der Waals surface area contributed by atoms with E-state index in [1.807, 2.05) is 18.3 Å². The zero-order chi connectivity index (χ0) is 12.5. The van der Waals surface area contributed by atoms with Crippen LogP contribution < -0.4 is 5.73 Å². The Balaban J connectivity index is 1.99. The standard InChI is InChI=1S/C14H17N3O/c1-2-9-6-7-13(18-9)14-16-8-10-11(15)4-3-5-12(10)17-14/h6-8,11H,2-5,15H2,1H3. The topological polar surface area (TPSA) is 64.9 Å². The molecule has 0 aliphatic heterocycles. The van der Waals surface area contributed by atoms with Gasteiger partial charge in [0.1, 0.15) is 5.76 Å². The monoisotopic (exact) mass is 243 g/mol. The fourth-order valence-electron chi connectivity index (χ4n) is 2.39. The molecule has 2 aromatic heterocycles. The molecule has 1 aliphatic rings. The molecule has 1 unspecified atom stereocenters. The van der Waals surface area contributed by atoms with Crippen molar-refractivity contribution in [2.24, 2.45) is 5.73 Å². The summed E-state index contributed by atoms with van der Waals surface area (Å²) in [6.07, 6.45) is 5.85. The lowest BCUT2D eigenvalue weighted by Gasteiger charge is -2.20. The molecule has 0 amide bonds. The van der Waals surface area contributed by atoms with Crippen LogP contribution in [0.15, 0.2) is 22.7 Å². The Kier molecular flexibility index (Phi) is 2.88. The minimum Gasteiger partial charge on any atom is -0.458 e. The molecular formula is C14H17N3O. The molecule has 0 radical (unpaired) electrons. The van der Waals surface area contributed by atoms with Crippen LogP contribution in [0.2, 0.25) is 0 Å². The van der Waals surface area contributed by atoms with Crippen molar-refractivity contribution in [3.63, 3.8) is 0 Å². The summed E-state index contributed by atoms with van der Waals surface area (Å²) in [7, 11) is 0. The van der Waals surface area contributed by atoms with Gasteiger partial charge in [-0.25, -0.2) is 9.97 Å². The molecule has 0 saturated carbocycles. The lowest BCUT2D eigenvalue weighted by molar-refractivity contribution is 0.521. The molecule has 2 heterocycles. The van der Waals surface area contributed by atoms with E-state index in [1.54, 1.807) is 0 Å². The number of furan rings is 1. The van der Waals surface area contributed by atoms with Crippen LogP contribution in [0.5, 0.6) is 0 Å². The first-order valence-electron chi connectivity index (χ1n) is 6.48. The number of aromatic nitrogens is 2. The molecular weight excluding hydrogens is 226 g/mol.